The number of fused-ring (bicyclic) bond motifs is 1. The molecule has 1 N–H and O–H groups in total. The summed E-state index contributed by atoms with van der Waals surface area (Å²) in [5.74, 6) is -1.17. The van der Waals surface area contributed by atoms with Gasteiger partial charge in [-0.2, -0.15) is 0 Å². The van der Waals surface area contributed by atoms with Gasteiger partial charge in [0.2, 0.25) is 0 Å². The molecule has 0 radical (unpaired) electrons. The number of halogens is 1. The summed E-state index contributed by atoms with van der Waals surface area (Å²) in [4.78, 5) is 29.2. The summed E-state index contributed by atoms with van der Waals surface area (Å²) in [6.45, 7) is 0.491. The van der Waals surface area contributed by atoms with Crippen molar-refractivity contribution in [2.45, 2.75) is 18.9 Å². The van der Waals surface area contributed by atoms with Gasteiger partial charge in [-0.1, -0.05) is 6.07 Å². The van der Waals surface area contributed by atoms with E-state index in [0.29, 0.717) is 18.5 Å². The Morgan fingerprint density at radius 2 is 2.14 bits per heavy atom. The van der Waals surface area contributed by atoms with E-state index in [2.05, 4.69) is 20.9 Å². The number of hydrogen-bond donors (Lipinski definition) is 1. The molecule has 21 heavy (non-hydrogen) atoms. The third kappa shape index (κ3) is 2.51. The second-order valence-corrected chi connectivity index (χ2v) is 5.91. The second kappa shape index (κ2) is 5.44. The molecule has 1 aromatic carbocycles. The lowest BCUT2D eigenvalue weighted by Gasteiger charge is -2.21. The monoisotopic (exact) mass is 348 g/mol. The standard InChI is InChI=1S/C15H13BrN2O3/c16-12-8-17-7-10-6-9(3-4-11(10)12)14(19)18-5-1-2-13(18)15(20)21/h3-4,6-8,13H,1-2,5H2,(H,20,21)/t13-/m1/s1. The number of carbonyl (C=O) groups is 2. The lowest BCUT2D eigenvalue weighted by atomic mass is 10.1. The second-order valence-electron chi connectivity index (χ2n) is 5.05. The van der Waals surface area contributed by atoms with Gasteiger partial charge in [-0.3, -0.25) is 9.78 Å². The SMILES string of the molecule is O=C(O)[C@H]1CCCN1C(=O)c1ccc2c(Br)cncc2c1. The number of amides is 1. The van der Waals surface area contributed by atoms with Crippen LogP contribution >= 0.6 is 15.9 Å². The number of aromatic nitrogens is 1. The third-order valence-electron chi connectivity index (χ3n) is 3.76. The van der Waals surface area contributed by atoms with E-state index in [1.807, 2.05) is 6.07 Å². The molecule has 3 rings (SSSR count). The van der Waals surface area contributed by atoms with E-state index < -0.39 is 12.0 Å². The fourth-order valence-electron chi connectivity index (χ4n) is 2.70. The number of carbonyl (C=O) groups excluding carboxylic acids is 1. The molecule has 1 fully saturated rings. The van der Waals surface area contributed by atoms with E-state index in [0.717, 1.165) is 21.7 Å². The van der Waals surface area contributed by atoms with Crippen molar-refractivity contribution < 1.29 is 14.7 Å². The maximum Gasteiger partial charge on any atom is 0.326 e. The zero-order valence-corrected chi connectivity index (χ0v) is 12.7. The summed E-state index contributed by atoms with van der Waals surface area (Å²) in [6, 6.07) is 4.62. The number of pyridine rings is 1. The van der Waals surface area contributed by atoms with Crippen LogP contribution in [0.1, 0.15) is 23.2 Å². The van der Waals surface area contributed by atoms with Crippen molar-refractivity contribution in [3.8, 4) is 0 Å². The molecule has 2 aromatic rings. The quantitative estimate of drug-likeness (QED) is 0.905. The number of nitrogens with zero attached hydrogens (tertiary/aromatic N) is 2. The van der Waals surface area contributed by atoms with Crippen molar-refractivity contribution in [1.29, 1.82) is 0 Å². The maximum absolute atomic E-state index is 12.5. The Morgan fingerprint density at radius 1 is 1.33 bits per heavy atom. The van der Waals surface area contributed by atoms with Crippen LogP contribution in [0.25, 0.3) is 10.8 Å². The van der Waals surface area contributed by atoms with Crippen LogP contribution < -0.4 is 0 Å². The summed E-state index contributed by atoms with van der Waals surface area (Å²) in [5.41, 5.74) is 0.496. The number of rotatable bonds is 2. The summed E-state index contributed by atoms with van der Waals surface area (Å²) in [6.07, 6.45) is 4.63. The lowest BCUT2D eigenvalue weighted by Crippen LogP contribution is -2.40. The zero-order valence-electron chi connectivity index (χ0n) is 11.1. The van der Waals surface area contributed by atoms with Crippen molar-refractivity contribution in [2.24, 2.45) is 0 Å². The normalized spacial score (nSPS) is 18.1. The average Bonchev–Trinajstić information content (AvgIpc) is 2.96. The minimum absolute atomic E-state index is 0.234. The zero-order chi connectivity index (χ0) is 15.0. The molecule has 0 spiro atoms. The molecule has 0 saturated carbocycles. The van der Waals surface area contributed by atoms with Gasteiger partial charge in [-0.05, 0) is 46.3 Å². The Labute approximate surface area is 129 Å². The molecule has 1 atom stereocenters. The molecule has 6 heteroatoms. The van der Waals surface area contributed by atoms with Crippen LogP contribution in [-0.4, -0.2) is 39.5 Å². The topological polar surface area (TPSA) is 70.5 Å². The highest BCUT2D eigenvalue weighted by Crippen LogP contribution is 2.25. The molecular formula is C15H13BrN2O3. The molecule has 1 aromatic heterocycles. The van der Waals surface area contributed by atoms with E-state index >= 15 is 0 Å². The minimum atomic E-state index is -0.939. The molecular weight excluding hydrogens is 336 g/mol. The molecule has 1 amide bonds. The van der Waals surface area contributed by atoms with Gasteiger partial charge in [0.25, 0.3) is 5.91 Å². The highest BCUT2D eigenvalue weighted by atomic mass is 79.9. The fraction of sp³-hybridized carbons (Fsp3) is 0.267. The summed E-state index contributed by atoms with van der Waals surface area (Å²) < 4.78 is 0.864. The number of aliphatic carboxylic acids is 1. The lowest BCUT2D eigenvalue weighted by molar-refractivity contribution is -0.141. The first-order chi connectivity index (χ1) is 10.1. The molecule has 0 aliphatic carbocycles. The van der Waals surface area contributed by atoms with E-state index in [9.17, 15) is 14.7 Å². The fourth-order valence-corrected chi connectivity index (χ4v) is 3.18. The predicted molar refractivity (Wildman–Crippen MR) is 81.1 cm³/mol. The molecule has 1 aliphatic heterocycles. The summed E-state index contributed by atoms with van der Waals surface area (Å²) in [5, 5.41) is 11.0. The predicted octanol–water partition coefficient (Wildman–Crippen LogP) is 2.69. The average molecular weight is 349 g/mol. The molecule has 0 bridgehead atoms. The van der Waals surface area contributed by atoms with Crippen LogP contribution in [0.4, 0.5) is 0 Å². The highest BCUT2D eigenvalue weighted by Gasteiger charge is 2.34. The van der Waals surface area contributed by atoms with Gasteiger partial charge in [0.1, 0.15) is 6.04 Å². The number of benzene rings is 1. The molecule has 0 unspecified atom stereocenters. The van der Waals surface area contributed by atoms with Crippen molar-refractivity contribution in [2.75, 3.05) is 6.54 Å². The van der Waals surface area contributed by atoms with E-state index in [1.54, 1.807) is 24.5 Å². The largest absolute Gasteiger partial charge is 0.480 e. The van der Waals surface area contributed by atoms with E-state index in [1.165, 1.54) is 4.90 Å². The highest BCUT2D eigenvalue weighted by molar-refractivity contribution is 9.10. The van der Waals surface area contributed by atoms with Gasteiger partial charge < -0.3 is 10.0 Å². The molecule has 2 heterocycles. The summed E-state index contributed by atoms with van der Waals surface area (Å²) >= 11 is 3.42. The van der Waals surface area contributed by atoms with Crippen LogP contribution in [0.2, 0.25) is 0 Å². The van der Waals surface area contributed by atoms with Gasteiger partial charge in [0.15, 0.2) is 0 Å². The molecule has 108 valence electrons. The minimum Gasteiger partial charge on any atom is -0.480 e. The summed E-state index contributed by atoms with van der Waals surface area (Å²) in [7, 11) is 0. The first kappa shape index (κ1) is 14.0. The van der Waals surface area contributed by atoms with E-state index in [4.69, 9.17) is 0 Å². The Morgan fingerprint density at radius 3 is 2.90 bits per heavy atom. The smallest absolute Gasteiger partial charge is 0.326 e. The van der Waals surface area contributed by atoms with Crippen molar-refractivity contribution >= 4 is 38.6 Å². The van der Waals surface area contributed by atoms with Gasteiger partial charge in [0, 0.05) is 34.4 Å². The maximum atomic E-state index is 12.5. The molecule has 5 nitrogen and oxygen atoms in total. The van der Waals surface area contributed by atoms with Crippen LogP contribution in [0.3, 0.4) is 0 Å². The van der Waals surface area contributed by atoms with E-state index in [-0.39, 0.29) is 5.91 Å². The number of hydrogen-bond acceptors (Lipinski definition) is 3. The first-order valence-electron chi connectivity index (χ1n) is 6.65. The number of likely N-dealkylation sites (tertiary alicyclic amines) is 1. The number of carboxylic acid groups (broad SMARTS) is 1. The Hall–Kier alpha value is -1.95. The number of carboxylic acids is 1. The van der Waals surface area contributed by atoms with Gasteiger partial charge in [0.05, 0.1) is 0 Å². The first-order valence-corrected chi connectivity index (χ1v) is 7.44. The van der Waals surface area contributed by atoms with Crippen molar-refractivity contribution in [1.82, 2.24) is 9.88 Å². The van der Waals surface area contributed by atoms with Crippen LogP contribution in [0.15, 0.2) is 35.1 Å². The van der Waals surface area contributed by atoms with Crippen LogP contribution in [-0.2, 0) is 4.79 Å². The van der Waals surface area contributed by atoms with Crippen LogP contribution in [0.5, 0.6) is 0 Å². The third-order valence-corrected chi connectivity index (χ3v) is 4.39. The van der Waals surface area contributed by atoms with Crippen molar-refractivity contribution in [3.63, 3.8) is 0 Å². The Bertz CT molecular complexity index is 732. The van der Waals surface area contributed by atoms with Gasteiger partial charge in [-0.15, -0.1) is 0 Å². The Kier molecular flexibility index (Phi) is 3.63. The Balaban J connectivity index is 1.96. The molecule has 1 saturated heterocycles. The van der Waals surface area contributed by atoms with Gasteiger partial charge >= 0.3 is 5.97 Å². The van der Waals surface area contributed by atoms with Crippen molar-refractivity contribution in [3.05, 3.63) is 40.6 Å². The molecule has 1 aliphatic rings. The van der Waals surface area contributed by atoms with Crippen LogP contribution in [0, 0.1) is 0 Å². The van der Waals surface area contributed by atoms with Gasteiger partial charge in [-0.25, -0.2) is 4.79 Å².